The van der Waals surface area contributed by atoms with E-state index < -0.39 is 18.4 Å². The van der Waals surface area contributed by atoms with Gasteiger partial charge in [0.25, 0.3) is 0 Å². The average Bonchev–Trinajstić information content (AvgIpc) is 2.47. The van der Waals surface area contributed by atoms with E-state index in [0.717, 1.165) is 11.1 Å². The summed E-state index contributed by atoms with van der Waals surface area (Å²) in [7, 11) is 2.81. The molecule has 0 radical (unpaired) electrons. The first kappa shape index (κ1) is 16.1. The maximum atomic E-state index is 11.7. The van der Waals surface area contributed by atoms with E-state index in [9.17, 15) is 4.79 Å². The minimum atomic E-state index is -0.648. The van der Waals surface area contributed by atoms with E-state index in [-0.39, 0.29) is 5.57 Å². The van der Waals surface area contributed by atoms with Crippen LogP contribution in [0.4, 0.5) is 0 Å². The Bertz CT molecular complexity index is 493. The summed E-state index contributed by atoms with van der Waals surface area (Å²) in [5.41, 5.74) is 2.08. The normalized spacial score (nSPS) is 13.3. The van der Waals surface area contributed by atoms with Gasteiger partial charge >= 0.3 is 5.97 Å². The molecule has 0 aromatic heterocycles. The van der Waals surface area contributed by atoms with Crippen LogP contribution in [-0.2, 0) is 19.0 Å². The zero-order chi connectivity index (χ0) is 15.1. The van der Waals surface area contributed by atoms with E-state index in [1.165, 1.54) is 20.3 Å². The first-order valence-electron chi connectivity index (χ1n) is 6.18. The molecule has 0 N–H and O–H groups in total. The fraction of sp³-hybridized carbons (Fsp3) is 0.312. The second-order valence-electron chi connectivity index (χ2n) is 4.29. The summed E-state index contributed by atoms with van der Waals surface area (Å²) in [5.74, 6) is -0.518. The lowest BCUT2D eigenvalue weighted by atomic mass is 10.0. The van der Waals surface area contributed by atoms with Crippen molar-refractivity contribution < 1.29 is 19.0 Å². The van der Waals surface area contributed by atoms with Crippen molar-refractivity contribution in [1.29, 1.82) is 0 Å². The van der Waals surface area contributed by atoms with Crippen molar-refractivity contribution in [2.45, 2.75) is 19.3 Å². The van der Waals surface area contributed by atoms with Gasteiger partial charge in [-0.25, -0.2) is 4.79 Å². The molecule has 0 amide bonds. The predicted molar refractivity (Wildman–Crippen MR) is 77.2 cm³/mol. The van der Waals surface area contributed by atoms with Crippen molar-refractivity contribution in [3.63, 3.8) is 0 Å². The predicted octanol–water partition coefficient (Wildman–Crippen LogP) is 2.94. The van der Waals surface area contributed by atoms with Gasteiger partial charge in [-0.2, -0.15) is 0 Å². The van der Waals surface area contributed by atoms with Crippen LogP contribution in [0.3, 0.4) is 0 Å². The van der Waals surface area contributed by atoms with Gasteiger partial charge in [0.2, 0.25) is 0 Å². The van der Waals surface area contributed by atoms with Crippen LogP contribution in [0.5, 0.6) is 0 Å². The molecule has 1 rings (SSSR count). The average molecular weight is 276 g/mol. The van der Waals surface area contributed by atoms with Gasteiger partial charge in [0, 0.05) is 7.11 Å². The number of hydrogen-bond donors (Lipinski definition) is 0. The van der Waals surface area contributed by atoms with E-state index in [2.05, 4.69) is 13.2 Å². The van der Waals surface area contributed by atoms with Crippen LogP contribution in [-0.4, -0.2) is 26.5 Å². The van der Waals surface area contributed by atoms with Crippen molar-refractivity contribution in [1.82, 2.24) is 0 Å². The van der Waals surface area contributed by atoms with Crippen LogP contribution < -0.4 is 0 Å². The van der Waals surface area contributed by atoms with Crippen LogP contribution in [0.2, 0.25) is 0 Å². The number of carbonyl (C=O) groups excluding carboxylic acids is 1. The molecule has 0 bridgehead atoms. The molecule has 0 aliphatic rings. The fourth-order valence-electron chi connectivity index (χ4n) is 1.77. The molecule has 0 heterocycles. The van der Waals surface area contributed by atoms with Crippen molar-refractivity contribution >= 4 is 5.97 Å². The van der Waals surface area contributed by atoms with Gasteiger partial charge in [0.1, 0.15) is 6.10 Å². The quantitative estimate of drug-likeness (QED) is 0.332. The van der Waals surface area contributed by atoms with Gasteiger partial charge in [-0.1, -0.05) is 43.0 Å². The molecule has 0 saturated heterocycles. The minimum absolute atomic E-state index is 0.210. The van der Waals surface area contributed by atoms with E-state index >= 15 is 0 Å². The van der Waals surface area contributed by atoms with Crippen LogP contribution in [0.25, 0.3) is 0 Å². The third-order valence-electron chi connectivity index (χ3n) is 2.80. The summed E-state index contributed by atoms with van der Waals surface area (Å²) in [6.07, 6.45) is 0.222. The molecule has 0 aliphatic heterocycles. The Morgan fingerprint density at radius 2 is 2.05 bits per heavy atom. The Hall–Kier alpha value is -1.91. The van der Waals surface area contributed by atoms with Crippen molar-refractivity contribution in [3.05, 3.63) is 60.2 Å². The molecule has 4 nitrogen and oxygen atoms in total. The third kappa shape index (κ3) is 4.05. The summed E-state index contributed by atoms with van der Waals surface area (Å²) in [6, 6.07) is 7.64. The molecular weight excluding hydrogens is 256 g/mol. The summed E-state index contributed by atoms with van der Waals surface area (Å²) < 4.78 is 15.6. The molecule has 0 aliphatic carbocycles. The molecule has 1 aromatic carbocycles. The maximum Gasteiger partial charge on any atom is 0.336 e. The largest absolute Gasteiger partial charge is 0.466 e. The number of carbonyl (C=O) groups is 1. The Morgan fingerprint density at radius 1 is 1.35 bits per heavy atom. The van der Waals surface area contributed by atoms with Gasteiger partial charge in [0.05, 0.1) is 12.7 Å². The summed E-state index contributed by atoms with van der Waals surface area (Å²) in [5, 5.41) is 0. The zero-order valence-electron chi connectivity index (χ0n) is 12.1. The van der Waals surface area contributed by atoms with Crippen molar-refractivity contribution in [3.8, 4) is 0 Å². The Morgan fingerprint density at radius 3 is 2.55 bits per heavy atom. The zero-order valence-corrected chi connectivity index (χ0v) is 12.1. The Labute approximate surface area is 119 Å². The molecule has 0 saturated carbocycles. The summed E-state index contributed by atoms with van der Waals surface area (Å²) in [6.45, 7) is 9.35. The standard InChI is InChI=1S/C16H20O4/c1-6-14(18-4)20-15(12(3)16(17)19-5)13-9-7-8-11(2)10-13/h6-10,14-15H,1,3H2,2,4-5H3. The van der Waals surface area contributed by atoms with Gasteiger partial charge in [-0.05, 0) is 18.6 Å². The number of aryl methyl sites for hydroxylation is 1. The first-order valence-corrected chi connectivity index (χ1v) is 6.18. The summed E-state index contributed by atoms with van der Waals surface area (Å²) in [4.78, 5) is 11.7. The molecule has 20 heavy (non-hydrogen) atoms. The number of hydrogen-bond acceptors (Lipinski definition) is 4. The van der Waals surface area contributed by atoms with Crippen LogP contribution in [0, 0.1) is 6.92 Å². The van der Waals surface area contributed by atoms with Gasteiger partial charge in [-0.15, -0.1) is 0 Å². The van der Waals surface area contributed by atoms with E-state index in [1.54, 1.807) is 0 Å². The fourth-order valence-corrected chi connectivity index (χ4v) is 1.77. The van der Waals surface area contributed by atoms with Crippen molar-refractivity contribution in [2.24, 2.45) is 0 Å². The number of benzene rings is 1. The molecule has 4 heteroatoms. The molecule has 2 unspecified atom stereocenters. The van der Waals surface area contributed by atoms with Gasteiger partial charge in [0.15, 0.2) is 6.29 Å². The first-order chi connectivity index (χ1) is 9.53. The topological polar surface area (TPSA) is 44.8 Å². The van der Waals surface area contributed by atoms with E-state index in [4.69, 9.17) is 14.2 Å². The lowest BCUT2D eigenvalue weighted by molar-refractivity contribution is -0.143. The van der Waals surface area contributed by atoms with Crippen molar-refractivity contribution in [2.75, 3.05) is 14.2 Å². The minimum Gasteiger partial charge on any atom is -0.466 e. The highest BCUT2D eigenvalue weighted by molar-refractivity contribution is 5.89. The molecule has 0 fully saturated rings. The monoisotopic (exact) mass is 276 g/mol. The molecular formula is C16H20O4. The van der Waals surface area contributed by atoms with E-state index in [1.807, 2.05) is 31.2 Å². The second-order valence-corrected chi connectivity index (χ2v) is 4.29. The smallest absolute Gasteiger partial charge is 0.336 e. The number of methoxy groups -OCH3 is 2. The van der Waals surface area contributed by atoms with Crippen LogP contribution in [0.15, 0.2) is 49.1 Å². The second kappa shape index (κ2) is 7.62. The summed E-state index contributed by atoms with van der Waals surface area (Å²) >= 11 is 0. The number of ether oxygens (including phenoxy) is 3. The van der Waals surface area contributed by atoms with Gasteiger partial charge < -0.3 is 14.2 Å². The molecule has 108 valence electrons. The van der Waals surface area contributed by atoms with Crippen LogP contribution >= 0.6 is 0 Å². The lowest BCUT2D eigenvalue weighted by Gasteiger charge is -2.23. The third-order valence-corrected chi connectivity index (χ3v) is 2.80. The maximum absolute atomic E-state index is 11.7. The lowest BCUT2D eigenvalue weighted by Crippen LogP contribution is -2.21. The highest BCUT2D eigenvalue weighted by Crippen LogP contribution is 2.28. The highest BCUT2D eigenvalue weighted by Gasteiger charge is 2.25. The number of esters is 1. The molecule has 1 aromatic rings. The highest BCUT2D eigenvalue weighted by atomic mass is 16.7. The SMILES string of the molecule is C=CC(OC)OC(C(=C)C(=O)OC)c1cccc(C)c1. The molecule has 2 atom stereocenters. The number of rotatable bonds is 7. The van der Waals surface area contributed by atoms with Crippen LogP contribution in [0.1, 0.15) is 17.2 Å². The Balaban J connectivity index is 3.09. The van der Waals surface area contributed by atoms with E-state index in [0.29, 0.717) is 0 Å². The molecule has 0 spiro atoms. The van der Waals surface area contributed by atoms with Gasteiger partial charge in [-0.3, -0.25) is 0 Å². The Kier molecular flexibility index (Phi) is 6.15.